The number of ether oxygens (including phenoxy) is 2. The van der Waals surface area contributed by atoms with Gasteiger partial charge in [-0.1, -0.05) is 11.6 Å². The van der Waals surface area contributed by atoms with Gasteiger partial charge in [0.05, 0.1) is 24.8 Å². The minimum absolute atomic E-state index is 0.152. The molecule has 0 unspecified atom stereocenters. The summed E-state index contributed by atoms with van der Waals surface area (Å²) in [6, 6.07) is 1.94. The van der Waals surface area contributed by atoms with Gasteiger partial charge < -0.3 is 9.47 Å². The van der Waals surface area contributed by atoms with E-state index in [2.05, 4.69) is 4.98 Å². The summed E-state index contributed by atoms with van der Waals surface area (Å²) in [6.07, 6.45) is -3.81. The van der Waals surface area contributed by atoms with Gasteiger partial charge in [-0.15, -0.1) is 0 Å². The van der Waals surface area contributed by atoms with Crippen LogP contribution in [0, 0.1) is 11.6 Å². The third-order valence-corrected chi connectivity index (χ3v) is 6.62. The van der Waals surface area contributed by atoms with E-state index in [1.54, 1.807) is 0 Å². The van der Waals surface area contributed by atoms with Crippen LogP contribution in [0.3, 0.4) is 0 Å². The first-order valence-corrected chi connectivity index (χ1v) is 11.9. The zero-order valence-electron chi connectivity index (χ0n) is 18.8. The van der Waals surface area contributed by atoms with E-state index in [9.17, 15) is 43.9 Å². The number of carbonyl (C=O) groups excluding carboxylic acids is 1. The molecular weight excluding hydrogens is 563 g/mol. The summed E-state index contributed by atoms with van der Waals surface area (Å²) in [7, 11) is -4.71. The Bertz CT molecular complexity index is 1310. The van der Waals surface area contributed by atoms with Crippen LogP contribution in [0.1, 0.15) is 29.8 Å². The van der Waals surface area contributed by atoms with Crippen LogP contribution in [-0.2, 0) is 16.8 Å². The van der Waals surface area contributed by atoms with Gasteiger partial charge in [0.2, 0.25) is 5.88 Å². The second-order valence-corrected chi connectivity index (χ2v) is 10.4. The Labute approximate surface area is 210 Å². The fourth-order valence-electron chi connectivity index (χ4n) is 2.77. The number of aromatic nitrogens is 1. The highest BCUT2D eigenvalue weighted by Crippen LogP contribution is 2.36. The third kappa shape index (κ3) is 6.54. The van der Waals surface area contributed by atoms with Crippen molar-refractivity contribution in [2.45, 2.75) is 38.2 Å². The third-order valence-electron chi connectivity index (χ3n) is 4.97. The maximum Gasteiger partial charge on any atom is 0.427 e. The summed E-state index contributed by atoms with van der Waals surface area (Å²) in [6.45, 7) is -1.48. The number of pyridine rings is 1. The molecule has 8 nitrogen and oxygen atoms in total. The first-order valence-electron chi connectivity index (χ1n) is 10.0. The van der Waals surface area contributed by atoms with Crippen LogP contribution in [0.15, 0.2) is 24.4 Å². The molecular formula is C20H17ClF7N3O5S. The molecule has 0 spiro atoms. The molecule has 204 valence electrons. The van der Waals surface area contributed by atoms with Crippen LogP contribution in [-0.4, -0.2) is 54.4 Å². The first-order chi connectivity index (χ1) is 16.8. The van der Waals surface area contributed by atoms with Crippen molar-refractivity contribution in [3.8, 4) is 11.6 Å². The highest BCUT2D eigenvalue weighted by Gasteiger charge is 2.51. The van der Waals surface area contributed by atoms with Gasteiger partial charge in [-0.2, -0.15) is 25.9 Å². The van der Waals surface area contributed by atoms with Crippen molar-refractivity contribution >= 4 is 27.7 Å². The van der Waals surface area contributed by atoms with Gasteiger partial charge in [-0.3, -0.25) is 4.79 Å². The number of carbonyl (C=O) groups is 1. The van der Waals surface area contributed by atoms with Gasteiger partial charge in [-0.25, -0.2) is 27.3 Å². The van der Waals surface area contributed by atoms with Gasteiger partial charge in [0.25, 0.3) is 11.8 Å². The Balaban J connectivity index is 1.67. The highest BCUT2D eigenvalue weighted by atomic mass is 35.5. The molecule has 0 aliphatic carbocycles. The summed E-state index contributed by atoms with van der Waals surface area (Å²) < 4.78 is 129. The van der Waals surface area contributed by atoms with Crippen molar-refractivity contribution in [1.29, 1.82) is 0 Å². The van der Waals surface area contributed by atoms with Crippen molar-refractivity contribution < 1.29 is 53.4 Å². The molecule has 1 saturated heterocycles. The fraction of sp³-hybridized carbons (Fsp3) is 0.400. The monoisotopic (exact) mass is 579 g/mol. The highest BCUT2D eigenvalue weighted by molar-refractivity contribution is 7.87. The molecule has 0 radical (unpaired) electrons. The largest absolute Gasteiger partial charge is 0.487 e. The van der Waals surface area contributed by atoms with Crippen LogP contribution < -0.4 is 14.2 Å². The maximum absolute atomic E-state index is 14.5. The topological polar surface area (TPSA) is 97.8 Å². The summed E-state index contributed by atoms with van der Waals surface area (Å²) in [4.78, 5) is 15.7. The number of rotatable bonds is 8. The lowest BCUT2D eigenvalue weighted by Crippen LogP contribution is -2.61. The second-order valence-electron chi connectivity index (χ2n) is 8.34. The van der Waals surface area contributed by atoms with Crippen LogP contribution in [0.4, 0.5) is 30.7 Å². The lowest BCUT2D eigenvalue weighted by molar-refractivity contribution is -0.235. The smallest absolute Gasteiger partial charge is 0.427 e. The molecule has 0 atom stereocenters. The summed E-state index contributed by atoms with van der Waals surface area (Å²) in [5.41, 5.74) is -4.06. The summed E-state index contributed by atoms with van der Waals surface area (Å²) in [5.74, 6) is -8.10. The SMILES string of the molecule is CC(C)(Oc1ncc(OCc2cc(F)c(C(=O)NS(=O)(=O)N3CC(F)(F)C3)cc2F)cc1Cl)C(F)(F)F. The predicted molar refractivity (Wildman–Crippen MR) is 114 cm³/mol. The molecule has 2 heterocycles. The van der Waals surface area contributed by atoms with Crippen molar-refractivity contribution in [3.05, 3.63) is 52.2 Å². The zero-order valence-corrected chi connectivity index (χ0v) is 20.4. The van der Waals surface area contributed by atoms with Crippen molar-refractivity contribution in [3.63, 3.8) is 0 Å². The molecule has 1 amide bonds. The van der Waals surface area contributed by atoms with Crippen molar-refractivity contribution in [1.82, 2.24) is 14.0 Å². The number of benzene rings is 1. The Morgan fingerprint density at radius 3 is 2.32 bits per heavy atom. The molecule has 0 bridgehead atoms. The van der Waals surface area contributed by atoms with Crippen molar-refractivity contribution in [2.24, 2.45) is 0 Å². The second kappa shape index (κ2) is 9.79. The van der Waals surface area contributed by atoms with Crippen LogP contribution in [0.25, 0.3) is 0 Å². The average Bonchev–Trinajstić information content (AvgIpc) is 2.72. The minimum atomic E-state index is -4.73. The maximum atomic E-state index is 14.5. The normalized spacial score (nSPS) is 16.2. The number of halogens is 8. The Kier molecular flexibility index (Phi) is 7.60. The van der Waals surface area contributed by atoms with Gasteiger partial charge >= 0.3 is 16.4 Å². The Hall–Kier alpha value is -2.85. The molecule has 1 aromatic carbocycles. The Morgan fingerprint density at radius 1 is 1.16 bits per heavy atom. The van der Waals surface area contributed by atoms with E-state index in [0.717, 1.165) is 26.1 Å². The summed E-state index contributed by atoms with van der Waals surface area (Å²) in [5, 5.41) is -0.366. The molecule has 2 aromatic rings. The van der Waals surface area contributed by atoms with E-state index >= 15 is 0 Å². The lowest BCUT2D eigenvalue weighted by Gasteiger charge is -2.37. The van der Waals surface area contributed by atoms with E-state index in [1.807, 2.05) is 0 Å². The van der Waals surface area contributed by atoms with Gasteiger partial charge in [0.1, 0.15) is 29.0 Å². The number of hydrogen-bond donors (Lipinski definition) is 1. The number of amides is 1. The van der Waals surface area contributed by atoms with E-state index in [1.165, 1.54) is 4.72 Å². The molecule has 1 aliphatic rings. The first kappa shape index (κ1) is 28.7. The molecule has 0 saturated carbocycles. The molecule has 1 fully saturated rings. The van der Waals surface area contributed by atoms with Gasteiger partial charge in [-0.05, 0) is 26.0 Å². The molecule has 1 aliphatic heterocycles. The number of nitrogens with one attached hydrogen (secondary N) is 1. The number of alkyl halides is 5. The average molecular weight is 580 g/mol. The Morgan fingerprint density at radius 2 is 1.78 bits per heavy atom. The van der Waals surface area contributed by atoms with Crippen LogP contribution in [0.5, 0.6) is 11.6 Å². The van der Waals surface area contributed by atoms with Crippen LogP contribution in [0.2, 0.25) is 5.02 Å². The van der Waals surface area contributed by atoms with Crippen LogP contribution >= 0.6 is 11.6 Å². The predicted octanol–water partition coefficient (Wildman–Crippen LogP) is 4.24. The molecule has 17 heteroatoms. The van der Waals surface area contributed by atoms with E-state index in [0.29, 0.717) is 12.1 Å². The van der Waals surface area contributed by atoms with Crippen molar-refractivity contribution in [2.75, 3.05) is 13.1 Å². The summed E-state index contributed by atoms with van der Waals surface area (Å²) >= 11 is 5.88. The van der Waals surface area contributed by atoms with Gasteiger partial charge in [0.15, 0.2) is 5.60 Å². The van der Waals surface area contributed by atoms with Gasteiger partial charge in [0, 0.05) is 11.6 Å². The van der Waals surface area contributed by atoms with E-state index < -0.39 is 82.2 Å². The molecule has 1 N–H and O–H groups in total. The standard InChI is InChI=1S/C20H17ClF7N3O5S/c1-18(2,20(26,27)28)36-17-13(21)4-11(6-29-17)35-7-10-3-15(23)12(5-14(10)22)16(32)30-37(33,34)31-8-19(24,25)9-31/h3-6H,7-9H2,1-2H3,(H,30,32). The number of nitrogens with zero attached hydrogens (tertiary/aromatic N) is 2. The molecule has 37 heavy (non-hydrogen) atoms. The van der Waals surface area contributed by atoms with E-state index in [-0.39, 0.29) is 15.1 Å². The minimum Gasteiger partial charge on any atom is -0.487 e. The fourth-order valence-corrected chi connectivity index (χ4v) is 4.16. The molecule has 3 rings (SSSR count). The zero-order chi connectivity index (χ0) is 28.0. The lowest BCUT2D eigenvalue weighted by atomic mass is 10.1. The quantitative estimate of drug-likeness (QED) is 0.470. The molecule has 1 aromatic heterocycles. The van der Waals surface area contributed by atoms with E-state index in [4.69, 9.17) is 21.1 Å². The number of hydrogen-bond acceptors (Lipinski definition) is 6.